The summed E-state index contributed by atoms with van der Waals surface area (Å²) in [4.78, 5) is 11.8. The molecule has 0 N–H and O–H groups in total. The van der Waals surface area contributed by atoms with Gasteiger partial charge in [0, 0.05) is 0 Å². The largest absolute Gasteiger partial charge is 0.466 e. The second-order valence-corrected chi connectivity index (χ2v) is 4.96. The van der Waals surface area contributed by atoms with E-state index in [9.17, 15) is 4.79 Å². The lowest BCUT2D eigenvalue weighted by molar-refractivity contribution is -0.176. The van der Waals surface area contributed by atoms with Crippen molar-refractivity contribution in [3.63, 3.8) is 0 Å². The molecule has 2 unspecified atom stereocenters. The third kappa shape index (κ3) is 0.866. The minimum atomic E-state index is -0.117. The molecule has 13 heavy (non-hydrogen) atoms. The smallest absolute Gasteiger partial charge is 0.312 e. The van der Waals surface area contributed by atoms with Crippen molar-refractivity contribution in [2.24, 2.45) is 16.7 Å². The topological polar surface area (TPSA) is 26.3 Å². The molecule has 0 aromatic carbocycles. The van der Waals surface area contributed by atoms with Crippen LogP contribution in [0.2, 0.25) is 0 Å². The van der Waals surface area contributed by atoms with Crippen LogP contribution in [-0.4, -0.2) is 12.6 Å². The van der Waals surface area contributed by atoms with Gasteiger partial charge >= 0.3 is 5.97 Å². The van der Waals surface area contributed by atoms with E-state index in [1.54, 1.807) is 0 Å². The second kappa shape index (κ2) is 2.49. The van der Waals surface area contributed by atoms with Crippen molar-refractivity contribution in [3.05, 3.63) is 0 Å². The molecule has 2 atom stereocenters. The number of hydrogen-bond acceptors (Lipinski definition) is 2. The molecular weight excluding hydrogens is 164 g/mol. The van der Waals surface area contributed by atoms with Crippen LogP contribution in [0.5, 0.6) is 0 Å². The first kappa shape index (κ1) is 9.04. The third-order valence-corrected chi connectivity index (χ3v) is 4.43. The van der Waals surface area contributed by atoms with Gasteiger partial charge in [-0.25, -0.2) is 0 Å². The fourth-order valence-electron chi connectivity index (χ4n) is 3.22. The third-order valence-electron chi connectivity index (χ3n) is 4.43. The van der Waals surface area contributed by atoms with E-state index < -0.39 is 0 Å². The Bertz CT molecular complexity index is 240. The van der Waals surface area contributed by atoms with E-state index in [4.69, 9.17) is 4.74 Å². The van der Waals surface area contributed by atoms with Crippen LogP contribution in [-0.2, 0) is 9.53 Å². The zero-order valence-corrected chi connectivity index (χ0v) is 8.72. The molecule has 3 saturated carbocycles. The van der Waals surface area contributed by atoms with Crippen LogP contribution < -0.4 is 0 Å². The lowest BCUT2D eigenvalue weighted by atomic mass is 9.51. The normalized spacial score (nSPS) is 39.8. The molecule has 0 heterocycles. The van der Waals surface area contributed by atoms with E-state index in [1.807, 2.05) is 6.92 Å². The maximum absolute atomic E-state index is 11.8. The molecule has 3 fully saturated rings. The summed E-state index contributed by atoms with van der Waals surface area (Å²) in [5.74, 6) is 0.811. The Balaban J connectivity index is 2.18. The Morgan fingerprint density at radius 2 is 2.23 bits per heavy atom. The van der Waals surface area contributed by atoms with Gasteiger partial charge in [-0.1, -0.05) is 13.8 Å². The lowest BCUT2D eigenvalue weighted by Crippen LogP contribution is -2.53. The van der Waals surface area contributed by atoms with E-state index >= 15 is 0 Å². The number of esters is 1. The zero-order valence-electron chi connectivity index (χ0n) is 8.72. The number of fused-ring (bicyclic) bond motifs is 1. The molecule has 2 nitrogen and oxygen atoms in total. The van der Waals surface area contributed by atoms with Crippen LogP contribution in [0.15, 0.2) is 0 Å². The molecule has 0 amide bonds. The van der Waals surface area contributed by atoms with Gasteiger partial charge in [0.05, 0.1) is 12.0 Å². The summed E-state index contributed by atoms with van der Waals surface area (Å²) in [7, 11) is 0. The van der Waals surface area contributed by atoms with Crippen molar-refractivity contribution in [3.8, 4) is 0 Å². The fraction of sp³-hybridized carbons (Fsp3) is 0.909. The monoisotopic (exact) mass is 182 g/mol. The van der Waals surface area contributed by atoms with E-state index in [-0.39, 0.29) is 16.8 Å². The van der Waals surface area contributed by atoms with Gasteiger partial charge in [0.1, 0.15) is 0 Å². The maximum atomic E-state index is 11.8. The van der Waals surface area contributed by atoms with Crippen molar-refractivity contribution >= 4 is 5.97 Å². The minimum absolute atomic E-state index is 0.0498. The highest BCUT2D eigenvalue weighted by molar-refractivity contribution is 5.80. The molecule has 0 spiro atoms. The summed E-state index contributed by atoms with van der Waals surface area (Å²) in [6.07, 6.45) is 3.33. The van der Waals surface area contributed by atoms with Crippen LogP contribution in [0.4, 0.5) is 0 Å². The lowest BCUT2D eigenvalue weighted by Gasteiger charge is -2.52. The average Bonchev–Trinajstić information content (AvgIpc) is 2.60. The highest BCUT2D eigenvalue weighted by Crippen LogP contribution is 2.70. The molecule has 3 aliphatic carbocycles. The van der Waals surface area contributed by atoms with Crippen LogP contribution in [0, 0.1) is 16.7 Å². The van der Waals surface area contributed by atoms with Crippen molar-refractivity contribution in [2.45, 2.75) is 40.0 Å². The summed E-state index contributed by atoms with van der Waals surface area (Å²) < 4.78 is 5.16. The number of rotatable bonds is 2. The van der Waals surface area contributed by atoms with Gasteiger partial charge in [-0.05, 0) is 37.5 Å². The Labute approximate surface area is 79.7 Å². The number of carbonyl (C=O) groups is 1. The first-order valence-electron chi connectivity index (χ1n) is 5.22. The van der Waals surface area contributed by atoms with Crippen molar-refractivity contribution in [2.75, 3.05) is 6.61 Å². The average molecular weight is 182 g/mol. The van der Waals surface area contributed by atoms with Gasteiger partial charge in [-0.3, -0.25) is 4.79 Å². The van der Waals surface area contributed by atoms with Crippen molar-refractivity contribution < 1.29 is 9.53 Å². The SMILES string of the molecule is CCOC(=O)C12CCC(C1)C2(C)C. The molecule has 0 aromatic heterocycles. The van der Waals surface area contributed by atoms with Crippen molar-refractivity contribution in [1.82, 2.24) is 0 Å². The number of hydrogen-bond donors (Lipinski definition) is 0. The molecule has 0 aliphatic heterocycles. The molecule has 3 rings (SSSR count). The molecule has 74 valence electrons. The Morgan fingerprint density at radius 3 is 2.62 bits per heavy atom. The van der Waals surface area contributed by atoms with E-state index in [1.165, 1.54) is 6.42 Å². The van der Waals surface area contributed by atoms with Gasteiger partial charge in [0.25, 0.3) is 0 Å². The summed E-state index contributed by atoms with van der Waals surface area (Å²) in [5, 5.41) is 0. The van der Waals surface area contributed by atoms with Gasteiger partial charge in [-0.15, -0.1) is 0 Å². The zero-order chi connectivity index (χ0) is 9.69. The highest BCUT2D eigenvalue weighted by atomic mass is 16.5. The van der Waals surface area contributed by atoms with Crippen LogP contribution >= 0.6 is 0 Å². The summed E-state index contributed by atoms with van der Waals surface area (Å²) >= 11 is 0. The predicted octanol–water partition coefficient (Wildman–Crippen LogP) is 2.38. The molecule has 0 radical (unpaired) electrons. The minimum Gasteiger partial charge on any atom is -0.466 e. The Kier molecular flexibility index (Phi) is 1.73. The van der Waals surface area contributed by atoms with Gasteiger partial charge < -0.3 is 4.74 Å². The van der Waals surface area contributed by atoms with E-state index in [0.29, 0.717) is 6.61 Å². The standard InChI is InChI=1S/C11H18O2/c1-4-13-9(12)11-6-5-8(7-11)10(11,2)3/h8H,4-7H2,1-3H3. The fourth-order valence-corrected chi connectivity index (χ4v) is 3.22. The van der Waals surface area contributed by atoms with Gasteiger partial charge in [0.15, 0.2) is 0 Å². The molecule has 0 aromatic rings. The molecule has 0 saturated heterocycles. The Hall–Kier alpha value is -0.530. The summed E-state index contributed by atoms with van der Waals surface area (Å²) in [6.45, 7) is 6.82. The molecular formula is C11H18O2. The van der Waals surface area contributed by atoms with Crippen LogP contribution in [0.25, 0.3) is 0 Å². The van der Waals surface area contributed by atoms with E-state index in [2.05, 4.69) is 13.8 Å². The highest BCUT2D eigenvalue weighted by Gasteiger charge is 2.69. The molecule has 3 aliphatic rings. The van der Waals surface area contributed by atoms with E-state index in [0.717, 1.165) is 18.8 Å². The quantitative estimate of drug-likeness (QED) is 0.613. The first-order valence-corrected chi connectivity index (χ1v) is 5.22. The van der Waals surface area contributed by atoms with Crippen LogP contribution in [0.1, 0.15) is 40.0 Å². The second-order valence-electron chi connectivity index (χ2n) is 4.96. The Morgan fingerprint density at radius 1 is 1.54 bits per heavy atom. The first-order chi connectivity index (χ1) is 6.04. The number of ether oxygens (including phenoxy) is 1. The van der Waals surface area contributed by atoms with Gasteiger partial charge in [-0.2, -0.15) is 0 Å². The summed E-state index contributed by atoms with van der Waals surface area (Å²) in [6, 6.07) is 0. The predicted molar refractivity (Wildman–Crippen MR) is 50.2 cm³/mol. The molecule has 2 bridgehead atoms. The van der Waals surface area contributed by atoms with Crippen molar-refractivity contribution in [1.29, 1.82) is 0 Å². The van der Waals surface area contributed by atoms with Crippen LogP contribution in [0.3, 0.4) is 0 Å². The number of carbonyl (C=O) groups excluding carboxylic acids is 1. The maximum Gasteiger partial charge on any atom is 0.312 e. The van der Waals surface area contributed by atoms with Gasteiger partial charge in [0.2, 0.25) is 0 Å². The summed E-state index contributed by atoms with van der Waals surface area (Å²) in [5.41, 5.74) is 0.0763. The molecule has 2 heteroatoms.